The first-order chi connectivity index (χ1) is 11.9. The summed E-state index contributed by atoms with van der Waals surface area (Å²) >= 11 is 1.49. The van der Waals surface area contributed by atoms with E-state index in [-0.39, 0.29) is 16.8 Å². The molecule has 5 nitrogen and oxygen atoms in total. The summed E-state index contributed by atoms with van der Waals surface area (Å²) in [5.41, 5.74) is 3.22. The fourth-order valence-electron chi connectivity index (χ4n) is 2.35. The third kappa shape index (κ3) is 5.60. The molecule has 0 aliphatic carbocycles. The van der Waals surface area contributed by atoms with Gasteiger partial charge in [0.1, 0.15) is 0 Å². The van der Waals surface area contributed by atoms with Gasteiger partial charge in [-0.25, -0.2) is 0 Å². The van der Waals surface area contributed by atoms with Crippen molar-refractivity contribution in [3.63, 3.8) is 0 Å². The molecule has 0 spiro atoms. The molecular formula is C19H22N2O3S. The van der Waals surface area contributed by atoms with Crippen LogP contribution in [0.15, 0.2) is 48.5 Å². The molecule has 0 aromatic heterocycles. The van der Waals surface area contributed by atoms with Crippen molar-refractivity contribution in [2.75, 3.05) is 12.8 Å². The van der Waals surface area contributed by atoms with E-state index in [1.807, 2.05) is 44.2 Å². The predicted octanol–water partition coefficient (Wildman–Crippen LogP) is 4.36. The van der Waals surface area contributed by atoms with Crippen LogP contribution in [0.3, 0.4) is 0 Å². The Morgan fingerprint density at radius 3 is 2.56 bits per heavy atom. The number of aryl methyl sites for hydroxylation is 1. The molecule has 0 aliphatic heterocycles. The third-order valence-corrected chi connectivity index (χ3v) is 5.16. The highest BCUT2D eigenvalue weighted by Crippen LogP contribution is 2.30. The van der Waals surface area contributed by atoms with E-state index in [1.165, 1.54) is 23.4 Å². The Bertz CT molecular complexity index is 747. The van der Waals surface area contributed by atoms with Gasteiger partial charge in [0.25, 0.3) is 5.69 Å². The zero-order valence-electron chi connectivity index (χ0n) is 14.6. The number of hydrogen-bond acceptors (Lipinski definition) is 4. The summed E-state index contributed by atoms with van der Waals surface area (Å²) in [6, 6.07) is 14.7. The molecule has 0 fully saturated rings. The number of carbonyl (C=O) groups excluding carboxylic acids is 1. The van der Waals surface area contributed by atoms with Crippen LogP contribution >= 0.6 is 11.8 Å². The standard InChI is InChI=1S/C19H22N2O3S/c1-14-7-9-16(10-8-14)12-20(3)19(22)13-25-15(2)17-5-4-6-18(11-17)21(23)24/h4-11,15H,12-13H2,1-3H3/t15-/m1/s1. The SMILES string of the molecule is Cc1ccc(CN(C)C(=O)CS[C@H](C)c2cccc([N+](=O)[O-])c2)cc1. The molecule has 0 aliphatic rings. The second-order valence-electron chi connectivity index (χ2n) is 6.04. The molecule has 1 amide bonds. The molecule has 2 aromatic rings. The molecule has 6 heteroatoms. The molecule has 0 saturated heterocycles. The Kier molecular flexibility index (Phi) is 6.58. The first-order valence-corrected chi connectivity index (χ1v) is 9.07. The Labute approximate surface area is 152 Å². The maximum absolute atomic E-state index is 12.3. The number of thioether (sulfide) groups is 1. The van der Waals surface area contributed by atoms with Crippen LogP contribution in [0.4, 0.5) is 5.69 Å². The molecule has 0 radical (unpaired) electrons. The zero-order valence-corrected chi connectivity index (χ0v) is 15.5. The lowest BCUT2D eigenvalue weighted by Gasteiger charge is -2.19. The summed E-state index contributed by atoms with van der Waals surface area (Å²) in [7, 11) is 1.79. The molecular weight excluding hydrogens is 336 g/mol. The molecule has 1 atom stereocenters. The number of benzene rings is 2. The minimum atomic E-state index is -0.401. The van der Waals surface area contributed by atoms with Crippen molar-refractivity contribution in [3.05, 3.63) is 75.3 Å². The van der Waals surface area contributed by atoms with Crippen LogP contribution in [0.1, 0.15) is 28.9 Å². The minimum absolute atomic E-state index is 0.0108. The van der Waals surface area contributed by atoms with Gasteiger partial charge < -0.3 is 4.90 Å². The van der Waals surface area contributed by atoms with E-state index in [0.717, 1.165) is 11.1 Å². The maximum atomic E-state index is 12.3. The maximum Gasteiger partial charge on any atom is 0.269 e. The van der Waals surface area contributed by atoms with Gasteiger partial charge in [-0.15, -0.1) is 11.8 Å². The fraction of sp³-hybridized carbons (Fsp3) is 0.316. The molecule has 0 bridgehead atoms. The van der Waals surface area contributed by atoms with Gasteiger partial charge in [-0.1, -0.05) is 42.0 Å². The highest BCUT2D eigenvalue weighted by atomic mass is 32.2. The quantitative estimate of drug-likeness (QED) is 0.545. The summed E-state index contributed by atoms with van der Waals surface area (Å²) in [5, 5.41) is 10.9. The van der Waals surface area contributed by atoms with E-state index < -0.39 is 4.92 Å². The van der Waals surface area contributed by atoms with Crippen molar-refractivity contribution in [2.45, 2.75) is 25.6 Å². The molecule has 2 aromatic carbocycles. The van der Waals surface area contributed by atoms with Gasteiger partial charge in [-0.05, 0) is 25.0 Å². The lowest BCUT2D eigenvalue weighted by Crippen LogP contribution is -2.28. The Morgan fingerprint density at radius 1 is 1.24 bits per heavy atom. The smallest absolute Gasteiger partial charge is 0.269 e. The van der Waals surface area contributed by atoms with Crippen LogP contribution in [-0.4, -0.2) is 28.5 Å². The second-order valence-corrected chi connectivity index (χ2v) is 7.37. The number of hydrogen-bond donors (Lipinski definition) is 0. The second kappa shape index (κ2) is 8.67. The molecule has 0 unspecified atom stereocenters. The predicted molar refractivity (Wildman–Crippen MR) is 102 cm³/mol. The van der Waals surface area contributed by atoms with E-state index in [2.05, 4.69) is 0 Å². The number of non-ortho nitro benzene ring substituents is 1. The Hall–Kier alpha value is -2.34. The van der Waals surface area contributed by atoms with E-state index in [4.69, 9.17) is 0 Å². The van der Waals surface area contributed by atoms with E-state index in [0.29, 0.717) is 12.3 Å². The number of nitrogens with zero attached hydrogens (tertiary/aromatic N) is 2. The van der Waals surface area contributed by atoms with Crippen LogP contribution in [0, 0.1) is 17.0 Å². The van der Waals surface area contributed by atoms with Crippen molar-refractivity contribution in [3.8, 4) is 0 Å². The van der Waals surface area contributed by atoms with Crippen LogP contribution in [-0.2, 0) is 11.3 Å². The van der Waals surface area contributed by atoms with Crippen molar-refractivity contribution in [1.82, 2.24) is 4.90 Å². The van der Waals surface area contributed by atoms with Gasteiger partial charge in [0.2, 0.25) is 5.91 Å². The van der Waals surface area contributed by atoms with Crippen molar-refractivity contribution in [1.29, 1.82) is 0 Å². The topological polar surface area (TPSA) is 63.5 Å². The molecule has 132 valence electrons. The number of amides is 1. The fourth-order valence-corrected chi connectivity index (χ4v) is 3.30. The largest absolute Gasteiger partial charge is 0.341 e. The summed E-state index contributed by atoms with van der Waals surface area (Å²) in [5.74, 6) is 0.384. The molecule has 0 saturated carbocycles. The van der Waals surface area contributed by atoms with Gasteiger partial charge in [-0.3, -0.25) is 14.9 Å². The number of rotatable bonds is 7. The average Bonchev–Trinajstić information content (AvgIpc) is 2.61. The van der Waals surface area contributed by atoms with Gasteiger partial charge in [-0.2, -0.15) is 0 Å². The monoisotopic (exact) mass is 358 g/mol. The molecule has 2 rings (SSSR count). The number of nitro benzene ring substituents is 1. The minimum Gasteiger partial charge on any atom is -0.341 e. The summed E-state index contributed by atoms with van der Waals surface area (Å²) in [6.07, 6.45) is 0. The van der Waals surface area contributed by atoms with Crippen molar-refractivity contribution in [2.24, 2.45) is 0 Å². The Balaban J connectivity index is 1.89. The van der Waals surface area contributed by atoms with Crippen LogP contribution < -0.4 is 0 Å². The lowest BCUT2D eigenvalue weighted by molar-refractivity contribution is -0.384. The molecule has 0 heterocycles. The average molecular weight is 358 g/mol. The lowest BCUT2D eigenvalue weighted by atomic mass is 10.1. The first-order valence-electron chi connectivity index (χ1n) is 8.02. The van der Waals surface area contributed by atoms with Crippen LogP contribution in [0.25, 0.3) is 0 Å². The summed E-state index contributed by atoms with van der Waals surface area (Å²) in [4.78, 5) is 24.5. The van der Waals surface area contributed by atoms with Gasteiger partial charge in [0.05, 0.1) is 10.7 Å². The first kappa shape index (κ1) is 19.0. The van der Waals surface area contributed by atoms with Crippen LogP contribution in [0.5, 0.6) is 0 Å². The third-order valence-electron chi connectivity index (χ3n) is 3.97. The highest BCUT2D eigenvalue weighted by molar-refractivity contribution is 8.00. The zero-order chi connectivity index (χ0) is 18.4. The van der Waals surface area contributed by atoms with Gasteiger partial charge in [0, 0.05) is 31.0 Å². The van der Waals surface area contributed by atoms with Gasteiger partial charge in [0.15, 0.2) is 0 Å². The Morgan fingerprint density at radius 2 is 1.92 bits per heavy atom. The molecule has 0 N–H and O–H groups in total. The normalized spacial score (nSPS) is 11.8. The van der Waals surface area contributed by atoms with Crippen LogP contribution in [0.2, 0.25) is 0 Å². The van der Waals surface area contributed by atoms with E-state index in [1.54, 1.807) is 24.1 Å². The molecule has 25 heavy (non-hydrogen) atoms. The number of carbonyl (C=O) groups is 1. The van der Waals surface area contributed by atoms with Crippen molar-refractivity contribution >= 4 is 23.4 Å². The highest BCUT2D eigenvalue weighted by Gasteiger charge is 2.15. The summed E-state index contributed by atoms with van der Waals surface area (Å²) in [6.45, 7) is 4.56. The number of nitro groups is 1. The van der Waals surface area contributed by atoms with Crippen molar-refractivity contribution < 1.29 is 9.72 Å². The summed E-state index contributed by atoms with van der Waals surface area (Å²) < 4.78 is 0. The van der Waals surface area contributed by atoms with Gasteiger partial charge >= 0.3 is 0 Å². The van der Waals surface area contributed by atoms with E-state index >= 15 is 0 Å². The van der Waals surface area contributed by atoms with E-state index in [9.17, 15) is 14.9 Å².